The number of carbonyl (C=O) groups is 1. The zero-order chi connectivity index (χ0) is 21.1. The van der Waals surface area contributed by atoms with Crippen molar-refractivity contribution in [2.75, 3.05) is 24.4 Å². The van der Waals surface area contributed by atoms with E-state index in [-0.39, 0.29) is 17.8 Å². The number of anilines is 2. The summed E-state index contributed by atoms with van der Waals surface area (Å²) in [4.78, 5) is 15.0. The van der Waals surface area contributed by atoms with E-state index < -0.39 is 0 Å². The number of hydrogen-bond donors (Lipinski definition) is 1. The molecule has 0 saturated heterocycles. The average molecular weight is 404 g/mol. The second-order valence-electron chi connectivity index (χ2n) is 6.80. The Hall–Kier alpha value is -3.80. The van der Waals surface area contributed by atoms with Gasteiger partial charge in [0.25, 0.3) is 5.91 Å². The molecule has 0 aliphatic carbocycles. The molecule has 1 amide bonds. The molecule has 0 bridgehead atoms. The van der Waals surface area contributed by atoms with Crippen molar-refractivity contribution in [2.45, 2.75) is 6.04 Å². The van der Waals surface area contributed by atoms with Gasteiger partial charge in [0.15, 0.2) is 0 Å². The highest BCUT2D eigenvalue weighted by atomic mass is 19.1. The van der Waals surface area contributed by atoms with Gasteiger partial charge in [-0.15, -0.1) is 0 Å². The summed E-state index contributed by atoms with van der Waals surface area (Å²) in [5.41, 5.74) is 2.75. The Morgan fingerprint density at radius 2 is 1.40 bits per heavy atom. The second kappa shape index (κ2) is 8.29. The van der Waals surface area contributed by atoms with Crippen molar-refractivity contribution in [2.24, 2.45) is 0 Å². The lowest BCUT2D eigenvalue weighted by Crippen LogP contribution is -2.30. The first-order valence-corrected chi connectivity index (χ1v) is 9.45. The molecule has 1 heterocycles. The molecular weight excluding hydrogens is 383 g/mol. The molecule has 0 unspecified atom stereocenters. The number of hydrogen-bond acceptors (Lipinski definition) is 4. The molecule has 0 spiro atoms. The van der Waals surface area contributed by atoms with E-state index in [4.69, 9.17) is 9.47 Å². The van der Waals surface area contributed by atoms with Crippen molar-refractivity contribution in [3.63, 3.8) is 0 Å². The first-order valence-electron chi connectivity index (χ1n) is 9.45. The van der Waals surface area contributed by atoms with Crippen molar-refractivity contribution in [1.29, 1.82) is 0 Å². The molecule has 1 atom stereocenters. The van der Waals surface area contributed by atoms with E-state index in [0.29, 0.717) is 11.4 Å². The molecule has 3 aromatic rings. The molecule has 0 radical (unpaired) electrons. The summed E-state index contributed by atoms with van der Waals surface area (Å²) in [7, 11) is 3.20. The van der Waals surface area contributed by atoms with Crippen molar-refractivity contribution < 1.29 is 18.7 Å². The molecule has 6 heteroatoms. The van der Waals surface area contributed by atoms with E-state index in [2.05, 4.69) is 5.32 Å². The average Bonchev–Trinajstić information content (AvgIpc) is 3.10. The van der Waals surface area contributed by atoms with Gasteiger partial charge in [-0.3, -0.25) is 9.69 Å². The Morgan fingerprint density at radius 1 is 0.833 bits per heavy atom. The zero-order valence-corrected chi connectivity index (χ0v) is 16.6. The number of nitrogens with one attached hydrogen (secondary N) is 1. The zero-order valence-electron chi connectivity index (χ0n) is 16.6. The summed E-state index contributed by atoms with van der Waals surface area (Å²) in [5.74, 6) is 0.939. The Kier molecular flexibility index (Phi) is 5.39. The van der Waals surface area contributed by atoms with Gasteiger partial charge in [-0.1, -0.05) is 12.1 Å². The monoisotopic (exact) mass is 404 g/mol. The fourth-order valence-electron chi connectivity index (χ4n) is 3.41. The predicted octanol–water partition coefficient (Wildman–Crippen LogP) is 4.93. The summed E-state index contributed by atoms with van der Waals surface area (Å²) < 4.78 is 23.8. The number of carbonyl (C=O) groups excluding carboxylic acids is 1. The van der Waals surface area contributed by atoms with E-state index in [9.17, 15) is 9.18 Å². The lowest BCUT2D eigenvalue weighted by molar-refractivity contribution is -0.114. The molecular formula is C24H21FN2O3. The molecule has 3 aromatic carbocycles. The van der Waals surface area contributed by atoms with Gasteiger partial charge in [-0.05, 0) is 72.3 Å². The van der Waals surface area contributed by atoms with E-state index in [0.717, 1.165) is 22.7 Å². The number of nitrogens with zero attached hydrogens (tertiary/aromatic N) is 1. The third-order valence-electron chi connectivity index (χ3n) is 4.98. The standard InChI is InChI=1S/C24H21FN2O3/c1-29-20-11-7-18(8-12-20)26-22-15-23(16-3-5-17(25)6-4-16)27(24(22)28)19-9-13-21(30-2)14-10-19/h3-15,23,26H,1-2H3/t23-/m1/s1. The normalized spacial score (nSPS) is 15.7. The quantitative estimate of drug-likeness (QED) is 0.633. The van der Waals surface area contributed by atoms with Gasteiger partial charge < -0.3 is 14.8 Å². The maximum atomic E-state index is 13.4. The maximum Gasteiger partial charge on any atom is 0.275 e. The molecule has 1 aliphatic heterocycles. The number of ether oxygens (including phenoxy) is 2. The van der Waals surface area contributed by atoms with Crippen LogP contribution in [0.3, 0.4) is 0 Å². The molecule has 1 aliphatic rings. The van der Waals surface area contributed by atoms with Crippen LogP contribution in [0.4, 0.5) is 15.8 Å². The topological polar surface area (TPSA) is 50.8 Å². The van der Waals surface area contributed by atoms with Crippen LogP contribution in [0.2, 0.25) is 0 Å². The minimum Gasteiger partial charge on any atom is -0.497 e. The third-order valence-corrected chi connectivity index (χ3v) is 4.98. The Labute approximate surface area is 174 Å². The van der Waals surface area contributed by atoms with Crippen LogP contribution in [0.5, 0.6) is 11.5 Å². The van der Waals surface area contributed by atoms with Crippen molar-refractivity contribution in [3.8, 4) is 11.5 Å². The van der Waals surface area contributed by atoms with Crippen LogP contribution in [-0.2, 0) is 4.79 Å². The van der Waals surface area contributed by atoms with Gasteiger partial charge in [0.2, 0.25) is 0 Å². The minimum absolute atomic E-state index is 0.176. The van der Waals surface area contributed by atoms with Gasteiger partial charge in [0.05, 0.1) is 20.3 Å². The van der Waals surface area contributed by atoms with Crippen molar-refractivity contribution >= 4 is 17.3 Å². The number of halogens is 1. The highest BCUT2D eigenvalue weighted by Crippen LogP contribution is 2.36. The van der Waals surface area contributed by atoms with Crippen LogP contribution in [0.1, 0.15) is 11.6 Å². The summed E-state index contributed by atoms with van der Waals surface area (Å²) in [6.07, 6.45) is 1.85. The summed E-state index contributed by atoms with van der Waals surface area (Å²) >= 11 is 0. The van der Waals surface area contributed by atoms with E-state index in [1.807, 2.05) is 42.5 Å². The Morgan fingerprint density at radius 3 is 1.97 bits per heavy atom. The van der Waals surface area contributed by atoms with Gasteiger partial charge in [0, 0.05) is 11.4 Å². The first-order chi connectivity index (χ1) is 14.6. The van der Waals surface area contributed by atoms with E-state index >= 15 is 0 Å². The predicted molar refractivity (Wildman–Crippen MR) is 114 cm³/mol. The minimum atomic E-state index is -0.368. The summed E-state index contributed by atoms with van der Waals surface area (Å²) in [5, 5.41) is 3.19. The maximum absolute atomic E-state index is 13.4. The molecule has 30 heavy (non-hydrogen) atoms. The highest BCUT2D eigenvalue weighted by Gasteiger charge is 2.34. The van der Waals surface area contributed by atoms with Gasteiger partial charge in [0.1, 0.15) is 23.0 Å². The second-order valence-corrected chi connectivity index (χ2v) is 6.80. The van der Waals surface area contributed by atoms with E-state index in [1.54, 1.807) is 43.4 Å². The number of amides is 1. The molecule has 5 nitrogen and oxygen atoms in total. The van der Waals surface area contributed by atoms with Crippen LogP contribution >= 0.6 is 0 Å². The Bertz CT molecular complexity index is 1060. The molecule has 4 rings (SSSR count). The lowest BCUT2D eigenvalue weighted by Gasteiger charge is -2.25. The fraction of sp³-hybridized carbons (Fsp3) is 0.125. The fourth-order valence-corrected chi connectivity index (χ4v) is 3.41. The summed E-state index contributed by atoms with van der Waals surface area (Å²) in [6, 6.07) is 20.4. The van der Waals surface area contributed by atoms with Gasteiger partial charge in [-0.2, -0.15) is 0 Å². The third kappa shape index (κ3) is 3.85. The van der Waals surface area contributed by atoms with Crippen LogP contribution < -0.4 is 19.7 Å². The van der Waals surface area contributed by atoms with Crippen LogP contribution in [0.15, 0.2) is 84.6 Å². The summed E-state index contributed by atoms with van der Waals surface area (Å²) in [6.45, 7) is 0. The van der Waals surface area contributed by atoms with Crippen LogP contribution in [0, 0.1) is 5.82 Å². The Balaban J connectivity index is 1.68. The first kappa shape index (κ1) is 19.5. The molecule has 152 valence electrons. The molecule has 0 fully saturated rings. The number of rotatable bonds is 6. The van der Waals surface area contributed by atoms with Gasteiger partial charge in [-0.25, -0.2) is 4.39 Å². The molecule has 1 N–H and O–H groups in total. The highest BCUT2D eigenvalue weighted by molar-refractivity contribution is 6.11. The lowest BCUT2D eigenvalue weighted by atomic mass is 10.1. The van der Waals surface area contributed by atoms with Crippen molar-refractivity contribution in [1.82, 2.24) is 0 Å². The molecule has 0 saturated carbocycles. The number of methoxy groups -OCH3 is 2. The van der Waals surface area contributed by atoms with E-state index in [1.165, 1.54) is 12.1 Å². The van der Waals surface area contributed by atoms with Crippen molar-refractivity contribution in [3.05, 3.63) is 96.0 Å². The molecule has 0 aromatic heterocycles. The largest absolute Gasteiger partial charge is 0.497 e. The smallest absolute Gasteiger partial charge is 0.275 e. The SMILES string of the molecule is COc1ccc(NC2=C[C@H](c3ccc(F)cc3)N(c3ccc(OC)cc3)C2=O)cc1. The number of benzene rings is 3. The van der Waals surface area contributed by atoms with Crippen LogP contribution in [0.25, 0.3) is 0 Å². The van der Waals surface area contributed by atoms with Gasteiger partial charge >= 0.3 is 0 Å². The van der Waals surface area contributed by atoms with Crippen LogP contribution in [-0.4, -0.2) is 20.1 Å².